The van der Waals surface area contributed by atoms with Gasteiger partial charge >= 0.3 is 11.9 Å². The molecule has 0 amide bonds. The number of nitrogens with zero attached hydrogens (tertiary/aromatic N) is 3. The molecule has 5 nitrogen and oxygen atoms in total. The molecule has 4 rings (SSSR count). The predicted octanol–water partition coefficient (Wildman–Crippen LogP) is 3.98. The standard InChI is InChI=1S/C17H11ClF4N4O/c18-9-3-1-2-4-12(9)26-15-8(5-6-13(24-15)17(20,21)22)14(25-16(26)27)23-11-7-10(11)19/h1-6,10-11H,7H2,(H,23,25,27)/t10-,11?/m1/s1. The number of benzene rings is 1. The third kappa shape index (κ3) is 3.23. The Kier molecular flexibility index (Phi) is 4.06. The highest BCUT2D eigenvalue weighted by atomic mass is 35.5. The van der Waals surface area contributed by atoms with Gasteiger partial charge in [0, 0.05) is 6.42 Å². The fourth-order valence-corrected chi connectivity index (χ4v) is 2.93. The van der Waals surface area contributed by atoms with E-state index in [1.807, 2.05) is 0 Å². The molecule has 2 atom stereocenters. The van der Waals surface area contributed by atoms with E-state index in [1.165, 1.54) is 12.1 Å². The first-order valence-corrected chi connectivity index (χ1v) is 8.30. The Morgan fingerprint density at radius 1 is 1.15 bits per heavy atom. The van der Waals surface area contributed by atoms with Gasteiger partial charge in [-0.25, -0.2) is 18.7 Å². The molecule has 0 saturated heterocycles. The van der Waals surface area contributed by atoms with Gasteiger partial charge < -0.3 is 5.32 Å². The van der Waals surface area contributed by atoms with E-state index in [2.05, 4.69) is 15.3 Å². The van der Waals surface area contributed by atoms with Crippen LogP contribution in [0.4, 0.5) is 23.4 Å². The summed E-state index contributed by atoms with van der Waals surface area (Å²) in [4.78, 5) is 20.1. The van der Waals surface area contributed by atoms with Crippen molar-refractivity contribution < 1.29 is 17.6 Å². The SMILES string of the molecule is O=c1nc(NC2C[C@H]2F)c2ccc(C(F)(F)F)nc2n1-c1ccccc1Cl. The van der Waals surface area contributed by atoms with E-state index in [4.69, 9.17) is 11.6 Å². The molecule has 27 heavy (non-hydrogen) atoms. The van der Waals surface area contributed by atoms with Gasteiger partial charge in [-0.2, -0.15) is 18.2 Å². The normalized spacial score (nSPS) is 19.3. The molecule has 1 aromatic carbocycles. The second-order valence-corrected chi connectivity index (χ2v) is 6.50. The number of nitrogens with one attached hydrogen (secondary N) is 1. The van der Waals surface area contributed by atoms with Gasteiger partial charge in [-0.1, -0.05) is 23.7 Å². The van der Waals surface area contributed by atoms with Crippen molar-refractivity contribution in [3.63, 3.8) is 0 Å². The number of hydrogen-bond donors (Lipinski definition) is 1. The fraction of sp³-hybridized carbons (Fsp3) is 0.235. The van der Waals surface area contributed by atoms with Crippen molar-refractivity contribution in [1.82, 2.24) is 14.5 Å². The van der Waals surface area contributed by atoms with E-state index < -0.39 is 29.8 Å². The van der Waals surface area contributed by atoms with Gasteiger partial charge in [0.2, 0.25) is 0 Å². The molecule has 0 radical (unpaired) electrons. The summed E-state index contributed by atoms with van der Waals surface area (Å²) in [7, 11) is 0. The minimum Gasteiger partial charge on any atom is -0.364 e. The number of alkyl halides is 4. The summed E-state index contributed by atoms with van der Waals surface area (Å²) in [6.07, 6.45) is -5.55. The molecular weight excluding hydrogens is 388 g/mol. The van der Waals surface area contributed by atoms with Crippen LogP contribution in [0.15, 0.2) is 41.2 Å². The van der Waals surface area contributed by atoms with Gasteiger partial charge in [0.05, 0.1) is 22.1 Å². The van der Waals surface area contributed by atoms with Crippen LogP contribution in [-0.4, -0.2) is 26.7 Å². The molecule has 3 aromatic rings. The van der Waals surface area contributed by atoms with Crippen molar-refractivity contribution in [1.29, 1.82) is 0 Å². The van der Waals surface area contributed by atoms with Crippen LogP contribution < -0.4 is 11.0 Å². The number of para-hydroxylation sites is 1. The highest BCUT2D eigenvalue weighted by Crippen LogP contribution is 2.34. The molecule has 10 heteroatoms. The lowest BCUT2D eigenvalue weighted by Crippen LogP contribution is -2.25. The Balaban J connectivity index is 2.01. The van der Waals surface area contributed by atoms with Crippen LogP contribution in [0.25, 0.3) is 16.7 Å². The highest BCUT2D eigenvalue weighted by Gasteiger charge is 2.38. The number of pyridine rings is 1. The Morgan fingerprint density at radius 3 is 2.48 bits per heavy atom. The summed E-state index contributed by atoms with van der Waals surface area (Å²) >= 11 is 6.11. The predicted molar refractivity (Wildman–Crippen MR) is 92.1 cm³/mol. The minimum atomic E-state index is -4.70. The molecule has 0 bridgehead atoms. The molecule has 0 aliphatic heterocycles. The summed E-state index contributed by atoms with van der Waals surface area (Å²) in [6, 6.07) is 7.58. The largest absolute Gasteiger partial charge is 0.433 e. The summed E-state index contributed by atoms with van der Waals surface area (Å²) in [5.41, 5.74) is -2.16. The topological polar surface area (TPSA) is 59.8 Å². The second-order valence-electron chi connectivity index (χ2n) is 6.10. The molecule has 1 aliphatic carbocycles. The molecule has 0 spiro atoms. The van der Waals surface area contributed by atoms with E-state index in [-0.39, 0.29) is 34.0 Å². The van der Waals surface area contributed by atoms with Crippen LogP contribution in [0.3, 0.4) is 0 Å². The first-order valence-electron chi connectivity index (χ1n) is 7.92. The van der Waals surface area contributed by atoms with Gasteiger partial charge in [-0.05, 0) is 24.3 Å². The zero-order valence-electron chi connectivity index (χ0n) is 13.5. The highest BCUT2D eigenvalue weighted by molar-refractivity contribution is 6.32. The lowest BCUT2D eigenvalue weighted by Gasteiger charge is -2.15. The van der Waals surface area contributed by atoms with Gasteiger partial charge in [-0.15, -0.1) is 0 Å². The smallest absolute Gasteiger partial charge is 0.364 e. The molecule has 1 aliphatic rings. The minimum absolute atomic E-state index is 0.00956. The fourth-order valence-electron chi connectivity index (χ4n) is 2.71. The average molecular weight is 399 g/mol. The average Bonchev–Trinajstić information content (AvgIpc) is 3.30. The number of fused-ring (bicyclic) bond motifs is 1. The molecule has 1 N–H and O–H groups in total. The molecule has 1 unspecified atom stereocenters. The van der Waals surface area contributed by atoms with E-state index in [0.717, 1.165) is 16.7 Å². The van der Waals surface area contributed by atoms with Crippen LogP contribution in [0.5, 0.6) is 0 Å². The molecule has 1 fully saturated rings. The summed E-state index contributed by atoms with van der Waals surface area (Å²) in [6.45, 7) is 0. The number of rotatable bonds is 3. The van der Waals surface area contributed by atoms with E-state index in [9.17, 15) is 22.4 Å². The maximum atomic E-state index is 13.2. The Labute approximate surface area is 154 Å². The molecular formula is C17H11ClF4N4O. The van der Waals surface area contributed by atoms with Crippen LogP contribution in [0.2, 0.25) is 5.02 Å². The number of anilines is 1. The summed E-state index contributed by atoms with van der Waals surface area (Å²) in [5.74, 6) is -0.00956. The quantitative estimate of drug-likeness (QED) is 0.678. The van der Waals surface area contributed by atoms with Crippen molar-refractivity contribution >= 4 is 28.5 Å². The maximum absolute atomic E-state index is 13.2. The zero-order valence-corrected chi connectivity index (χ0v) is 14.2. The first kappa shape index (κ1) is 17.7. The first-order chi connectivity index (χ1) is 12.8. The third-order valence-electron chi connectivity index (χ3n) is 4.16. The zero-order chi connectivity index (χ0) is 19.3. The Bertz CT molecular complexity index is 1100. The summed E-state index contributed by atoms with van der Waals surface area (Å²) in [5, 5.41) is 3.05. The molecule has 2 aromatic heterocycles. The second kappa shape index (κ2) is 6.19. The van der Waals surface area contributed by atoms with Crippen molar-refractivity contribution in [3.05, 3.63) is 57.6 Å². The monoisotopic (exact) mass is 398 g/mol. The molecule has 1 saturated carbocycles. The molecule has 2 heterocycles. The van der Waals surface area contributed by atoms with Crippen molar-refractivity contribution in [2.75, 3.05) is 5.32 Å². The summed E-state index contributed by atoms with van der Waals surface area (Å²) < 4.78 is 53.6. The number of hydrogen-bond acceptors (Lipinski definition) is 4. The van der Waals surface area contributed by atoms with E-state index in [1.54, 1.807) is 12.1 Å². The lowest BCUT2D eigenvalue weighted by atomic mass is 10.2. The van der Waals surface area contributed by atoms with Gasteiger partial charge in [0.25, 0.3) is 0 Å². The molecule has 140 valence electrons. The van der Waals surface area contributed by atoms with Crippen LogP contribution in [0.1, 0.15) is 12.1 Å². The lowest BCUT2D eigenvalue weighted by molar-refractivity contribution is -0.141. The van der Waals surface area contributed by atoms with Crippen molar-refractivity contribution in [2.24, 2.45) is 0 Å². The van der Waals surface area contributed by atoms with E-state index >= 15 is 0 Å². The van der Waals surface area contributed by atoms with Gasteiger partial charge in [0.15, 0.2) is 5.65 Å². The Morgan fingerprint density at radius 2 is 1.85 bits per heavy atom. The Hall–Kier alpha value is -2.68. The van der Waals surface area contributed by atoms with Crippen molar-refractivity contribution in [3.8, 4) is 5.69 Å². The third-order valence-corrected chi connectivity index (χ3v) is 4.48. The van der Waals surface area contributed by atoms with Gasteiger partial charge in [0.1, 0.15) is 17.7 Å². The maximum Gasteiger partial charge on any atom is 0.433 e. The van der Waals surface area contributed by atoms with Crippen molar-refractivity contribution in [2.45, 2.75) is 24.8 Å². The van der Waals surface area contributed by atoms with Gasteiger partial charge in [-0.3, -0.25) is 0 Å². The van der Waals surface area contributed by atoms with Crippen LogP contribution in [0, 0.1) is 0 Å². The van der Waals surface area contributed by atoms with E-state index in [0.29, 0.717) is 0 Å². The number of halogens is 5. The number of aromatic nitrogens is 3. The van der Waals surface area contributed by atoms with Crippen LogP contribution >= 0.6 is 11.6 Å². The van der Waals surface area contributed by atoms with Crippen LogP contribution in [-0.2, 0) is 6.18 Å².